The molecule has 2 N–H and O–H groups in total. The van der Waals surface area contributed by atoms with Crippen molar-refractivity contribution in [1.82, 2.24) is 20.2 Å². The van der Waals surface area contributed by atoms with Gasteiger partial charge in [-0.2, -0.15) is 0 Å². The highest BCUT2D eigenvalue weighted by Gasteiger charge is 2.36. The van der Waals surface area contributed by atoms with Crippen molar-refractivity contribution in [3.63, 3.8) is 0 Å². The molecule has 0 spiro atoms. The number of thiazole rings is 1. The normalized spacial score (nSPS) is 17.8. The summed E-state index contributed by atoms with van der Waals surface area (Å²) in [4.78, 5) is 36.4. The molecule has 2 aromatic heterocycles. The maximum atomic E-state index is 13.2. The number of aromatic nitrogens is 2. The van der Waals surface area contributed by atoms with Gasteiger partial charge in [0.2, 0.25) is 5.91 Å². The van der Waals surface area contributed by atoms with Gasteiger partial charge in [0, 0.05) is 27.7 Å². The summed E-state index contributed by atoms with van der Waals surface area (Å²) in [5, 5.41) is 4.95. The Kier molecular flexibility index (Phi) is 5.16. The predicted octanol–water partition coefficient (Wildman–Crippen LogP) is 3.63. The average Bonchev–Trinajstić information content (AvgIpc) is 3.38. The highest BCUT2D eigenvalue weighted by molar-refractivity contribution is 7.99. The van der Waals surface area contributed by atoms with Crippen LogP contribution in [0.2, 0.25) is 0 Å². The van der Waals surface area contributed by atoms with Gasteiger partial charge in [0.25, 0.3) is 5.91 Å². The number of carbonyl (C=O) groups is 2. The first-order chi connectivity index (χ1) is 13.5. The Morgan fingerprint density at radius 2 is 2.11 bits per heavy atom. The molecule has 0 saturated carbocycles. The monoisotopic (exact) mass is 414 g/mol. The number of carbonyl (C=O) groups excluding carboxylic acids is 2. The molecule has 2 atom stereocenters. The van der Waals surface area contributed by atoms with Crippen molar-refractivity contribution in [2.45, 2.75) is 32.9 Å². The van der Waals surface area contributed by atoms with Crippen molar-refractivity contribution in [3.8, 4) is 0 Å². The van der Waals surface area contributed by atoms with Crippen LogP contribution in [0.5, 0.6) is 0 Å². The van der Waals surface area contributed by atoms with E-state index in [0.717, 1.165) is 26.5 Å². The van der Waals surface area contributed by atoms with E-state index in [0.29, 0.717) is 17.2 Å². The van der Waals surface area contributed by atoms with E-state index in [2.05, 4.69) is 15.3 Å². The Morgan fingerprint density at radius 3 is 2.86 bits per heavy atom. The molecule has 3 heterocycles. The molecule has 2 unspecified atom stereocenters. The van der Waals surface area contributed by atoms with Gasteiger partial charge >= 0.3 is 0 Å². The molecule has 3 aromatic rings. The topological polar surface area (TPSA) is 78.1 Å². The van der Waals surface area contributed by atoms with Gasteiger partial charge in [-0.05, 0) is 26.8 Å². The summed E-state index contributed by atoms with van der Waals surface area (Å²) in [5.74, 6) is 0.896. The number of aryl methyl sites for hydroxylation is 2. The molecule has 1 fully saturated rings. The maximum Gasteiger partial charge on any atom is 0.257 e. The lowest BCUT2D eigenvalue weighted by Gasteiger charge is -2.24. The first-order valence-corrected chi connectivity index (χ1v) is 11.1. The van der Waals surface area contributed by atoms with Crippen LogP contribution < -0.4 is 5.32 Å². The van der Waals surface area contributed by atoms with Gasteiger partial charge in [0.05, 0.1) is 28.2 Å². The quantitative estimate of drug-likeness (QED) is 0.683. The van der Waals surface area contributed by atoms with Crippen molar-refractivity contribution in [1.29, 1.82) is 0 Å². The summed E-state index contributed by atoms with van der Waals surface area (Å²) in [7, 11) is 0. The van der Waals surface area contributed by atoms with Gasteiger partial charge in [-0.3, -0.25) is 9.59 Å². The van der Waals surface area contributed by atoms with E-state index in [1.165, 1.54) is 0 Å². The summed E-state index contributed by atoms with van der Waals surface area (Å²) in [6.45, 7) is 5.89. The minimum absolute atomic E-state index is 0.111. The smallest absolute Gasteiger partial charge is 0.257 e. The molecular weight excluding hydrogens is 392 g/mol. The minimum Gasteiger partial charge on any atom is -0.360 e. The molecule has 0 bridgehead atoms. The van der Waals surface area contributed by atoms with Crippen molar-refractivity contribution in [3.05, 3.63) is 51.6 Å². The second-order valence-electron chi connectivity index (χ2n) is 6.95. The molecule has 1 aromatic carbocycles. The summed E-state index contributed by atoms with van der Waals surface area (Å²) in [5.41, 5.74) is 2.48. The molecule has 4 rings (SSSR count). The van der Waals surface area contributed by atoms with Crippen molar-refractivity contribution < 1.29 is 9.59 Å². The second kappa shape index (κ2) is 7.60. The zero-order valence-electron chi connectivity index (χ0n) is 16.0. The number of hydrogen-bond donors (Lipinski definition) is 2. The van der Waals surface area contributed by atoms with E-state index < -0.39 is 6.04 Å². The van der Waals surface area contributed by atoms with Crippen LogP contribution in [0.25, 0.3) is 10.9 Å². The molecule has 2 amide bonds. The number of para-hydroxylation sites is 1. The zero-order chi connectivity index (χ0) is 19.8. The van der Waals surface area contributed by atoms with Crippen LogP contribution in [0.15, 0.2) is 30.5 Å². The van der Waals surface area contributed by atoms with Crippen LogP contribution in [0, 0.1) is 13.8 Å². The van der Waals surface area contributed by atoms with Crippen LogP contribution >= 0.6 is 23.1 Å². The number of benzene rings is 1. The Labute approximate surface area is 171 Å². The molecule has 6 nitrogen and oxygen atoms in total. The summed E-state index contributed by atoms with van der Waals surface area (Å²) >= 11 is 3.20. The lowest BCUT2D eigenvalue weighted by Crippen LogP contribution is -2.47. The summed E-state index contributed by atoms with van der Waals surface area (Å²) < 4.78 is 0. The fourth-order valence-corrected chi connectivity index (χ4v) is 5.67. The number of rotatable bonds is 4. The third-order valence-corrected chi connectivity index (χ3v) is 7.22. The van der Waals surface area contributed by atoms with Crippen LogP contribution in [0.3, 0.4) is 0 Å². The van der Waals surface area contributed by atoms with E-state index in [9.17, 15) is 9.59 Å². The molecule has 1 saturated heterocycles. The number of amides is 2. The van der Waals surface area contributed by atoms with Gasteiger partial charge < -0.3 is 15.2 Å². The van der Waals surface area contributed by atoms with E-state index in [4.69, 9.17) is 0 Å². The fourth-order valence-electron chi connectivity index (χ4n) is 3.59. The molecule has 1 aliphatic heterocycles. The number of nitrogens with zero attached hydrogens (tertiary/aromatic N) is 2. The first kappa shape index (κ1) is 19.0. The van der Waals surface area contributed by atoms with E-state index in [1.54, 1.807) is 34.2 Å². The molecule has 28 heavy (non-hydrogen) atoms. The predicted molar refractivity (Wildman–Crippen MR) is 114 cm³/mol. The standard InChI is InChI=1S/C20H22N4O2S2/c1-11-18(28-13(3)22-11)12(2)23-19(25)17-9-27-10-24(17)20(26)15-8-21-16-7-5-4-6-14(15)16/h4-8,12,17,21H,9-10H2,1-3H3,(H,23,25). The van der Waals surface area contributed by atoms with Gasteiger partial charge in [-0.15, -0.1) is 23.1 Å². The van der Waals surface area contributed by atoms with E-state index in [-0.39, 0.29) is 17.9 Å². The number of fused-ring (bicyclic) bond motifs is 1. The summed E-state index contributed by atoms with van der Waals surface area (Å²) in [6.07, 6.45) is 1.73. The van der Waals surface area contributed by atoms with E-state index in [1.807, 2.05) is 45.0 Å². The molecule has 0 aliphatic carbocycles. The second-order valence-corrected chi connectivity index (χ2v) is 9.19. The maximum absolute atomic E-state index is 13.2. The summed E-state index contributed by atoms with van der Waals surface area (Å²) in [6, 6.07) is 7.11. The molecular formula is C20H22N4O2S2. The average molecular weight is 415 g/mol. The fraction of sp³-hybridized carbons (Fsp3) is 0.350. The Hall–Kier alpha value is -2.32. The highest BCUT2D eigenvalue weighted by atomic mass is 32.2. The van der Waals surface area contributed by atoms with Gasteiger partial charge in [-0.1, -0.05) is 18.2 Å². The van der Waals surface area contributed by atoms with Gasteiger partial charge in [0.15, 0.2) is 0 Å². The largest absolute Gasteiger partial charge is 0.360 e. The molecule has 0 radical (unpaired) electrons. The lowest BCUT2D eigenvalue weighted by molar-refractivity contribution is -0.125. The van der Waals surface area contributed by atoms with Crippen molar-refractivity contribution in [2.75, 3.05) is 11.6 Å². The van der Waals surface area contributed by atoms with Gasteiger partial charge in [0.1, 0.15) is 6.04 Å². The van der Waals surface area contributed by atoms with Crippen molar-refractivity contribution >= 4 is 45.8 Å². The third-order valence-electron chi connectivity index (χ3n) is 4.96. The SMILES string of the molecule is Cc1nc(C)c(C(C)NC(=O)C2CSCN2C(=O)c2c[nH]c3ccccc23)s1. The Morgan fingerprint density at radius 1 is 1.32 bits per heavy atom. The number of hydrogen-bond acceptors (Lipinski definition) is 5. The zero-order valence-corrected chi connectivity index (χ0v) is 17.6. The van der Waals surface area contributed by atoms with Crippen molar-refractivity contribution in [2.24, 2.45) is 0 Å². The van der Waals surface area contributed by atoms with Crippen LogP contribution in [-0.2, 0) is 4.79 Å². The molecule has 146 valence electrons. The van der Waals surface area contributed by atoms with E-state index >= 15 is 0 Å². The number of nitrogens with one attached hydrogen (secondary N) is 2. The Balaban J connectivity index is 1.52. The third kappa shape index (κ3) is 3.42. The molecule has 1 aliphatic rings. The molecule has 8 heteroatoms. The van der Waals surface area contributed by atoms with Crippen LogP contribution in [0.1, 0.15) is 38.9 Å². The van der Waals surface area contributed by atoms with Gasteiger partial charge in [-0.25, -0.2) is 4.98 Å². The first-order valence-electron chi connectivity index (χ1n) is 9.15. The lowest BCUT2D eigenvalue weighted by atomic mass is 10.1. The highest BCUT2D eigenvalue weighted by Crippen LogP contribution is 2.28. The number of H-pyrrole nitrogens is 1. The number of thioether (sulfide) groups is 1. The van der Waals surface area contributed by atoms with Crippen LogP contribution in [0.4, 0.5) is 0 Å². The minimum atomic E-state index is -0.470. The van der Waals surface area contributed by atoms with Crippen LogP contribution in [-0.4, -0.2) is 44.4 Å². The Bertz CT molecular complexity index is 1040. The number of aromatic amines is 1.